The molecule has 0 unspecified atom stereocenters. The second kappa shape index (κ2) is 11.5. The van der Waals surface area contributed by atoms with Gasteiger partial charge in [-0.05, 0) is 60.4 Å². The molecule has 192 valence electrons. The lowest BCUT2D eigenvalue weighted by Crippen LogP contribution is -2.43. The Balaban J connectivity index is 2.83. The minimum absolute atomic E-state index is 0.224. The highest BCUT2D eigenvalue weighted by molar-refractivity contribution is 6.74. The van der Waals surface area contributed by atoms with Crippen molar-refractivity contribution < 1.29 is 27.1 Å². The molecule has 0 N–H and O–H groups in total. The van der Waals surface area contributed by atoms with Gasteiger partial charge in [-0.15, -0.1) is 0 Å². The van der Waals surface area contributed by atoms with Crippen molar-refractivity contribution in [1.29, 1.82) is 0 Å². The highest BCUT2D eigenvalue weighted by atomic mass is 35.5. The first-order chi connectivity index (χ1) is 16.1. The zero-order valence-corrected chi connectivity index (χ0v) is 23.1. The van der Waals surface area contributed by atoms with Crippen LogP contribution in [0.4, 0.5) is 13.2 Å². The lowest BCUT2D eigenvalue weighted by molar-refractivity contribution is -0.139. The Morgan fingerprint density at radius 2 is 1.60 bits per heavy atom. The number of rotatable bonds is 8. The van der Waals surface area contributed by atoms with Crippen LogP contribution in [0.2, 0.25) is 28.2 Å². The van der Waals surface area contributed by atoms with Crippen LogP contribution in [0.15, 0.2) is 53.5 Å². The van der Waals surface area contributed by atoms with E-state index >= 15 is 0 Å². The zero-order valence-electron chi connectivity index (χ0n) is 20.5. The molecule has 2 aromatic carbocycles. The van der Waals surface area contributed by atoms with E-state index in [1.807, 2.05) is 33.9 Å². The maximum atomic E-state index is 14.0. The second-order valence-corrected chi connectivity index (χ2v) is 15.2. The quantitative estimate of drug-likeness (QED) is 0.189. The van der Waals surface area contributed by atoms with Crippen LogP contribution in [0.1, 0.15) is 51.0 Å². The van der Waals surface area contributed by atoms with Gasteiger partial charge in [-0.3, -0.25) is 4.99 Å². The Hall–Kier alpha value is -1.87. The van der Waals surface area contributed by atoms with Crippen molar-refractivity contribution in [2.75, 3.05) is 6.61 Å². The summed E-state index contributed by atoms with van der Waals surface area (Å²) < 4.78 is 53.3. The molecular formula is C25H30Cl2F3NO3Si. The van der Waals surface area contributed by atoms with E-state index in [1.54, 1.807) is 48.5 Å². The van der Waals surface area contributed by atoms with E-state index in [0.29, 0.717) is 21.2 Å². The molecule has 0 aliphatic carbocycles. The standard InChI is InChI=1S/C25H30Cl2F3NO3Si/c1-7-33-23(32)22(25(28,29)30)31-20(16-11-13-18(26)14-12-16)21(17-9-8-10-19(27)15-17)34-35(5,6)24(2,3)4/h8-15,20-21H,7H2,1-6H3/b31-22-/t20-,21-/m1/s1. The third-order valence-corrected chi connectivity index (χ3v) is 10.9. The van der Waals surface area contributed by atoms with Crippen molar-refractivity contribution in [3.63, 3.8) is 0 Å². The molecule has 0 fully saturated rings. The molecule has 0 aliphatic heterocycles. The van der Waals surface area contributed by atoms with E-state index < -0.39 is 38.3 Å². The lowest BCUT2D eigenvalue weighted by atomic mass is 9.96. The number of alkyl halides is 3. The molecular weight excluding hydrogens is 518 g/mol. The summed E-state index contributed by atoms with van der Waals surface area (Å²) in [4.78, 5) is 16.3. The van der Waals surface area contributed by atoms with E-state index in [0.717, 1.165) is 0 Å². The molecule has 4 nitrogen and oxygen atoms in total. The molecule has 10 heteroatoms. The average Bonchev–Trinajstić information content (AvgIpc) is 2.72. The molecule has 0 bridgehead atoms. The van der Waals surface area contributed by atoms with Crippen LogP contribution < -0.4 is 0 Å². The van der Waals surface area contributed by atoms with Crippen LogP contribution >= 0.6 is 23.2 Å². The number of carbonyl (C=O) groups excluding carboxylic acids is 1. The van der Waals surface area contributed by atoms with Crippen molar-refractivity contribution in [2.45, 2.75) is 64.1 Å². The van der Waals surface area contributed by atoms with Crippen LogP contribution in [0.3, 0.4) is 0 Å². The molecule has 35 heavy (non-hydrogen) atoms. The summed E-state index contributed by atoms with van der Waals surface area (Å²) in [6.07, 6.45) is -6.00. The number of nitrogens with zero attached hydrogens (tertiary/aromatic N) is 1. The highest BCUT2D eigenvalue weighted by Gasteiger charge is 2.45. The van der Waals surface area contributed by atoms with Gasteiger partial charge in [0.15, 0.2) is 8.32 Å². The number of benzene rings is 2. The average molecular weight is 549 g/mol. The van der Waals surface area contributed by atoms with Crippen molar-refractivity contribution >= 4 is 43.2 Å². The molecule has 2 aromatic rings. The predicted octanol–water partition coefficient (Wildman–Crippen LogP) is 8.36. The Kier molecular flexibility index (Phi) is 9.61. The van der Waals surface area contributed by atoms with Gasteiger partial charge in [0.1, 0.15) is 6.04 Å². The molecule has 0 aromatic heterocycles. The van der Waals surface area contributed by atoms with Gasteiger partial charge < -0.3 is 9.16 Å². The first-order valence-corrected chi connectivity index (χ1v) is 14.7. The fourth-order valence-electron chi connectivity index (χ4n) is 3.05. The lowest BCUT2D eigenvalue weighted by Gasteiger charge is -2.41. The largest absolute Gasteiger partial charge is 0.461 e. The molecule has 0 saturated heterocycles. The summed E-state index contributed by atoms with van der Waals surface area (Å²) in [5.74, 6) is -1.55. The molecule has 0 radical (unpaired) electrons. The number of esters is 1. The Morgan fingerprint density at radius 3 is 2.09 bits per heavy atom. The van der Waals surface area contributed by atoms with Crippen LogP contribution in [-0.2, 0) is 14.0 Å². The summed E-state index contributed by atoms with van der Waals surface area (Å²) in [7, 11) is -2.55. The van der Waals surface area contributed by atoms with Crippen molar-refractivity contribution in [3.8, 4) is 0 Å². The summed E-state index contributed by atoms with van der Waals surface area (Å²) in [6, 6.07) is 11.7. The Labute approximate surface area is 215 Å². The third kappa shape index (κ3) is 7.80. The van der Waals surface area contributed by atoms with E-state index in [1.165, 1.54) is 6.92 Å². The van der Waals surface area contributed by atoms with Crippen LogP contribution in [0, 0.1) is 0 Å². The van der Waals surface area contributed by atoms with Crippen LogP contribution in [0.5, 0.6) is 0 Å². The summed E-state index contributed by atoms with van der Waals surface area (Å²) in [5, 5.41) is 0.542. The fourth-order valence-corrected chi connectivity index (χ4v) is 4.63. The Bertz CT molecular complexity index is 1050. The van der Waals surface area contributed by atoms with Gasteiger partial charge in [0.25, 0.3) is 0 Å². The minimum Gasteiger partial charge on any atom is -0.461 e. The molecule has 0 spiro atoms. The van der Waals surface area contributed by atoms with Gasteiger partial charge in [-0.25, -0.2) is 4.79 Å². The SMILES string of the molecule is CCOC(=O)/C(=N/[C@H](c1ccc(Cl)cc1)[C@H](O[Si](C)(C)C(C)(C)C)c1cccc(Cl)c1)C(F)(F)F. The monoisotopic (exact) mass is 547 g/mol. The topological polar surface area (TPSA) is 47.9 Å². The van der Waals surface area contributed by atoms with Crippen molar-refractivity contribution in [2.24, 2.45) is 4.99 Å². The molecule has 2 rings (SSSR count). The van der Waals surface area contributed by atoms with Crippen LogP contribution in [0.25, 0.3) is 0 Å². The summed E-state index contributed by atoms with van der Waals surface area (Å²) >= 11 is 12.3. The fraction of sp³-hybridized carbons (Fsp3) is 0.440. The maximum Gasteiger partial charge on any atom is 0.440 e. The number of ether oxygens (including phenoxy) is 1. The van der Waals surface area contributed by atoms with Gasteiger partial charge in [0.2, 0.25) is 5.71 Å². The van der Waals surface area contributed by atoms with E-state index in [2.05, 4.69) is 9.73 Å². The highest BCUT2D eigenvalue weighted by Crippen LogP contribution is 2.45. The van der Waals surface area contributed by atoms with Gasteiger partial charge >= 0.3 is 12.1 Å². The number of aliphatic imine (C=N–C) groups is 1. The van der Waals surface area contributed by atoms with Gasteiger partial charge in [0, 0.05) is 10.0 Å². The molecule has 2 atom stereocenters. The second-order valence-electron chi connectivity index (χ2n) is 9.55. The maximum absolute atomic E-state index is 14.0. The van der Waals surface area contributed by atoms with E-state index in [-0.39, 0.29) is 11.6 Å². The van der Waals surface area contributed by atoms with Gasteiger partial charge in [-0.1, -0.05) is 68.2 Å². The summed E-state index contributed by atoms with van der Waals surface area (Å²) in [5.41, 5.74) is -0.703. The Morgan fingerprint density at radius 1 is 1.00 bits per heavy atom. The number of halogens is 5. The number of carbonyl (C=O) groups is 1. The smallest absolute Gasteiger partial charge is 0.440 e. The normalized spacial score (nSPS) is 15.0. The van der Waals surface area contributed by atoms with E-state index in [9.17, 15) is 18.0 Å². The third-order valence-electron chi connectivity index (χ3n) is 5.91. The van der Waals surface area contributed by atoms with Crippen LogP contribution in [-0.4, -0.2) is 32.8 Å². The number of hydrogen-bond acceptors (Lipinski definition) is 4. The van der Waals surface area contributed by atoms with Gasteiger partial charge in [0.05, 0.1) is 12.7 Å². The first kappa shape index (κ1) is 29.4. The zero-order chi connectivity index (χ0) is 26.6. The number of hydrogen-bond donors (Lipinski definition) is 0. The van der Waals surface area contributed by atoms with Crippen molar-refractivity contribution in [3.05, 3.63) is 69.7 Å². The molecule has 0 heterocycles. The van der Waals surface area contributed by atoms with Gasteiger partial charge in [-0.2, -0.15) is 13.2 Å². The first-order valence-electron chi connectivity index (χ1n) is 11.1. The van der Waals surface area contributed by atoms with Crippen molar-refractivity contribution in [1.82, 2.24) is 0 Å². The van der Waals surface area contributed by atoms with E-state index in [4.69, 9.17) is 27.6 Å². The molecule has 0 saturated carbocycles. The summed E-state index contributed by atoms with van der Waals surface area (Å²) in [6.45, 7) is 11.2. The molecule has 0 amide bonds. The minimum atomic E-state index is -5.03. The molecule has 0 aliphatic rings. The predicted molar refractivity (Wildman–Crippen MR) is 137 cm³/mol.